The van der Waals surface area contributed by atoms with Crippen LogP contribution in [-0.4, -0.2) is 39.9 Å². The van der Waals surface area contributed by atoms with Gasteiger partial charge < -0.3 is 5.32 Å². The minimum atomic E-state index is 0.433. The molecule has 0 aliphatic carbocycles. The van der Waals surface area contributed by atoms with E-state index in [1.165, 1.54) is 24.9 Å². The average molecular weight is 264 g/mol. The molecule has 1 aromatic rings. The van der Waals surface area contributed by atoms with Gasteiger partial charge in [-0.1, -0.05) is 0 Å². The van der Waals surface area contributed by atoms with Gasteiger partial charge >= 0.3 is 0 Å². The third kappa shape index (κ3) is 3.57. The first-order valence-corrected chi connectivity index (χ1v) is 7.63. The largest absolute Gasteiger partial charge is 0.313 e. The molecule has 0 amide bonds. The zero-order valence-corrected chi connectivity index (χ0v) is 12.8. The predicted molar refractivity (Wildman–Crippen MR) is 79.2 cm³/mol. The summed E-state index contributed by atoms with van der Waals surface area (Å²) in [5.41, 5.74) is 1.33. The molecule has 2 atom stereocenters. The molecule has 1 aliphatic rings. The Morgan fingerprint density at radius 3 is 2.79 bits per heavy atom. The van der Waals surface area contributed by atoms with Crippen molar-refractivity contribution < 1.29 is 0 Å². The van der Waals surface area contributed by atoms with Crippen molar-refractivity contribution in [1.82, 2.24) is 20.0 Å². The van der Waals surface area contributed by atoms with Crippen LogP contribution in [0.15, 0.2) is 12.4 Å². The van der Waals surface area contributed by atoms with Gasteiger partial charge in [0.25, 0.3) is 0 Å². The summed E-state index contributed by atoms with van der Waals surface area (Å²) in [7, 11) is 0. The summed E-state index contributed by atoms with van der Waals surface area (Å²) in [6.45, 7) is 12.3. The van der Waals surface area contributed by atoms with Crippen molar-refractivity contribution in [1.29, 1.82) is 0 Å². The molecule has 2 unspecified atom stereocenters. The minimum absolute atomic E-state index is 0.433. The van der Waals surface area contributed by atoms with Crippen molar-refractivity contribution in [2.24, 2.45) is 0 Å². The molecule has 0 bridgehead atoms. The summed E-state index contributed by atoms with van der Waals surface area (Å²) in [4.78, 5) is 2.58. The fourth-order valence-electron chi connectivity index (χ4n) is 2.94. The molecule has 1 fully saturated rings. The number of nitrogens with zero attached hydrogens (tertiary/aromatic N) is 3. The van der Waals surface area contributed by atoms with Crippen LogP contribution in [0.1, 0.15) is 52.1 Å². The van der Waals surface area contributed by atoms with Crippen LogP contribution < -0.4 is 5.32 Å². The Labute approximate surface area is 117 Å². The molecule has 0 saturated carbocycles. The zero-order valence-electron chi connectivity index (χ0n) is 12.8. The van der Waals surface area contributed by atoms with Crippen molar-refractivity contribution in [3.05, 3.63) is 18.0 Å². The second-order valence-corrected chi connectivity index (χ2v) is 5.89. The average Bonchev–Trinajstić information content (AvgIpc) is 3.05. The van der Waals surface area contributed by atoms with Gasteiger partial charge in [-0.15, -0.1) is 0 Å². The van der Waals surface area contributed by atoms with E-state index in [-0.39, 0.29) is 0 Å². The number of hydrogen-bond acceptors (Lipinski definition) is 3. The molecule has 0 spiro atoms. The second kappa shape index (κ2) is 6.53. The lowest BCUT2D eigenvalue weighted by Gasteiger charge is -2.34. The van der Waals surface area contributed by atoms with Gasteiger partial charge in [-0.3, -0.25) is 9.58 Å². The monoisotopic (exact) mass is 264 g/mol. The molecule has 4 nitrogen and oxygen atoms in total. The fourth-order valence-corrected chi connectivity index (χ4v) is 2.94. The third-order valence-corrected chi connectivity index (χ3v) is 4.21. The molecule has 1 N–H and O–H groups in total. The van der Waals surface area contributed by atoms with Crippen molar-refractivity contribution in [2.45, 2.75) is 65.2 Å². The molecular weight excluding hydrogens is 236 g/mol. The minimum Gasteiger partial charge on any atom is -0.313 e. The van der Waals surface area contributed by atoms with E-state index in [1.807, 2.05) is 10.9 Å². The fraction of sp³-hybridized carbons (Fsp3) is 0.800. The van der Waals surface area contributed by atoms with E-state index in [4.69, 9.17) is 0 Å². The van der Waals surface area contributed by atoms with E-state index in [1.54, 1.807) is 0 Å². The van der Waals surface area contributed by atoms with E-state index in [0.29, 0.717) is 18.1 Å². The lowest BCUT2D eigenvalue weighted by Crippen LogP contribution is -2.42. The topological polar surface area (TPSA) is 33.1 Å². The van der Waals surface area contributed by atoms with Crippen LogP contribution in [0.25, 0.3) is 0 Å². The van der Waals surface area contributed by atoms with Gasteiger partial charge in [0.2, 0.25) is 0 Å². The van der Waals surface area contributed by atoms with Gasteiger partial charge in [-0.05, 0) is 47.1 Å². The molecular formula is C15H28N4. The van der Waals surface area contributed by atoms with Crippen LogP contribution in [0.5, 0.6) is 0 Å². The maximum Gasteiger partial charge on any atom is 0.0537 e. The van der Waals surface area contributed by atoms with Gasteiger partial charge in [-0.25, -0.2) is 0 Å². The highest BCUT2D eigenvalue weighted by Crippen LogP contribution is 2.23. The summed E-state index contributed by atoms with van der Waals surface area (Å²) in [5, 5.41) is 8.01. The number of aromatic nitrogens is 2. The number of rotatable bonds is 6. The maximum absolute atomic E-state index is 4.40. The Balaban J connectivity index is 2.04. The van der Waals surface area contributed by atoms with Gasteiger partial charge in [-0.2, -0.15) is 5.10 Å². The van der Waals surface area contributed by atoms with E-state index in [2.05, 4.69) is 49.2 Å². The van der Waals surface area contributed by atoms with Gasteiger partial charge in [0.1, 0.15) is 0 Å². The normalized spacial score (nSPS) is 21.5. The lowest BCUT2D eigenvalue weighted by molar-refractivity contribution is 0.149. The number of hydrogen-bond donors (Lipinski definition) is 1. The summed E-state index contributed by atoms with van der Waals surface area (Å²) in [6.07, 6.45) is 6.83. The highest BCUT2D eigenvalue weighted by atomic mass is 15.3. The van der Waals surface area contributed by atoms with Crippen LogP contribution in [0, 0.1) is 0 Å². The van der Waals surface area contributed by atoms with Crippen LogP contribution in [0.3, 0.4) is 0 Å². The van der Waals surface area contributed by atoms with Crippen molar-refractivity contribution in [3.63, 3.8) is 0 Å². The first kappa shape index (κ1) is 14.5. The summed E-state index contributed by atoms with van der Waals surface area (Å²) in [5.74, 6) is 0. The Kier molecular flexibility index (Phi) is 4.99. The molecule has 1 aromatic heterocycles. The molecule has 19 heavy (non-hydrogen) atoms. The molecule has 4 heteroatoms. The second-order valence-electron chi connectivity index (χ2n) is 5.89. The molecule has 1 saturated heterocycles. The summed E-state index contributed by atoms with van der Waals surface area (Å²) >= 11 is 0. The Hall–Kier alpha value is -0.870. The van der Waals surface area contributed by atoms with E-state index in [0.717, 1.165) is 13.1 Å². The zero-order chi connectivity index (χ0) is 13.8. The van der Waals surface area contributed by atoms with Crippen molar-refractivity contribution >= 4 is 0 Å². The van der Waals surface area contributed by atoms with E-state index in [9.17, 15) is 0 Å². The quantitative estimate of drug-likeness (QED) is 0.856. The standard InChI is InChI=1S/C15H28N4/c1-5-18-10-14(9-17-18)13(4)19(12(2)3)11-15-7-6-8-16-15/h9-10,12-13,15-16H,5-8,11H2,1-4H3. The molecule has 108 valence electrons. The Bertz CT molecular complexity index is 379. The van der Waals surface area contributed by atoms with E-state index >= 15 is 0 Å². The molecule has 2 rings (SSSR count). The van der Waals surface area contributed by atoms with Crippen molar-refractivity contribution in [3.8, 4) is 0 Å². The van der Waals surface area contributed by atoms with Crippen molar-refractivity contribution in [2.75, 3.05) is 13.1 Å². The third-order valence-electron chi connectivity index (χ3n) is 4.21. The highest BCUT2D eigenvalue weighted by Gasteiger charge is 2.24. The van der Waals surface area contributed by atoms with E-state index < -0.39 is 0 Å². The molecule has 2 heterocycles. The number of aryl methyl sites for hydroxylation is 1. The van der Waals surface area contributed by atoms with Crippen LogP contribution in [0.2, 0.25) is 0 Å². The maximum atomic E-state index is 4.40. The molecule has 1 aliphatic heterocycles. The summed E-state index contributed by atoms with van der Waals surface area (Å²) in [6, 6.07) is 1.65. The highest BCUT2D eigenvalue weighted by molar-refractivity contribution is 5.10. The van der Waals surface area contributed by atoms with Crippen LogP contribution in [-0.2, 0) is 6.54 Å². The lowest BCUT2D eigenvalue weighted by atomic mass is 10.1. The van der Waals surface area contributed by atoms with Gasteiger partial charge in [0.05, 0.1) is 6.20 Å². The van der Waals surface area contributed by atoms with Crippen LogP contribution >= 0.6 is 0 Å². The number of nitrogens with one attached hydrogen (secondary N) is 1. The molecule has 0 radical (unpaired) electrons. The Morgan fingerprint density at radius 1 is 1.47 bits per heavy atom. The van der Waals surface area contributed by atoms with Crippen LogP contribution in [0.4, 0.5) is 0 Å². The first-order chi connectivity index (χ1) is 9.11. The Morgan fingerprint density at radius 2 is 2.26 bits per heavy atom. The molecule has 0 aromatic carbocycles. The smallest absolute Gasteiger partial charge is 0.0537 e. The first-order valence-electron chi connectivity index (χ1n) is 7.63. The predicted octanol–water partition coefficient (Wildman–Crippen LogP) is 2.43. The summed E-state index contributed by atoms with van der Waals surface area (Å²) < 4.78 is 2.01. The van der Waals surface area contributed by atoms with Gasteiger partial charge in [0, 0.05) is 43.0 Å². The SMILES string of the molecule is CCn1cc(C(C)N(CC2CCCN2)C(C)C)cn1. The van der Waals surface area contributed by atoms with Gasteiger partial charge in [0.15, 0.2) is 0 Å².